The minimum atomic E-state index is -1.47. The SMILES string of the molecule is C.C.C.C.CC(C)(O)C(=O)N1CCN(C(=O)Cc2ccc(Cl)c(Cl)c2)[C@H]2[C@H](N3CCCC3)COC[C@@H]21.CC(C)(O)C(=O)N1CCN(C(=O)Cc2ccc(Cl)c(Cl)c2)[C@H]2[C@H]1COC[C@@H]2N1CCCC1.CC(C)(O)C(=O)N1CCN(C(=O)Cc2ccc(Cl)c(Cl)c2)[C@H]2[C@H]1COC[C@@H]2N1CCCC1. The van der Waals surface area contributed by atoms with E-state index in [0.717, 1.165) is 94.5 Å². The number of nitrogens with zero attached hydrogens (tertiary/aromatic N) is 9. The average Bonchev–Trinajstić information content (AvgIpc) is 0.903. The molecule has 0 radical (unpaired) electrons. The lowest BCUT2D eigenvalue weighted by atomic mass is 9.89. The molecule has 27 heteroatoms. The molecule has 0 aromatic heterocycles. The van der Waals surface area contributed by atoms with Gasteiger partial charge in [-0.2, -0.15) is 0 Å². The van der Waals surface area contributed by atoms with E-state index in [2.05, 4.69) is 14.7 Å². The Balaban J connectivity index is 0.000000232. The highest BCUT2D eigenvalue weighted by atomic mass is 35.5. The summed E-state index contributed by atoms with van der Waals surface area (Å²) < 4.78 is 17.8. The van der Waals surface area contributed by atoms with Gasteiger partial charge in [-0.25, -0.2) is 0 Å². The Morgan fingerprint density at radius 3 is 0.760 bits per heavy atom. The van der Waals surface area contributed by atoms with Gasteiger partial charge in [0.2, 0.25) is 17.7 Å². The first-order valence-corrected chi connectivity index (χ1v) is 36.0. The number of fused-ring (bicyclic) bond motifs is 3. The Bertz CT molecular complexity index is 2950. The third kappa shape index (κ3) is 19.7. The van der Waals surface area contributed by atoms with Gasteiger partial charge in [0.1, 0.15) is 16.8 Å². The van der Waals surface area contributed by atoms with Crippen LogP contribution in [0.2, 0.25) is 30.1 Å². The molecule has 0 unspecified atom stereocenters. The van der Waals surface area contributed by atoms with Gasteiger partial charge in [0.05, 0.1) is 143 Å². The highest BCUT2D eigenvalue weighted by Crippen LogP contribution is 2.37. The van der Waals surface area contributed by atoms with E-state index in [0.29, 0.717) is 109 Å². The van der Waals surface area contributed by atoms with E-state index in [1.165, 1.54) is 41.5 Å². The summed E-state index contributed by atoms with van der Waals surface area (Å²) in [6.07, 6.45) is 7.38. The molecule has 9 aliphatic rings. The number of likely N-dealkylation sites (tertiary alicyclic amines) is 3. The molecule has 6 amide bonds. The van der Waals surface area contributed by atoms with E-state index in [4.69, 9.17) is 83.8 Å². The lowest BCUT2D eigenvalue weighted by Gasteiger charge is -2.54. The van der Waals surface area contributed by atoms with Gasteiger partial charge in [-0.05, 0) is 172 Å². The van der Waals surface area contributed by atoms with Crippen molar-refractivity contribution in [3.63, 3.8) is 0 Å². The number of aliphatic hydroxyl groups is 3. The first-order valence-electron chi connectivity index (χ1n) is 33.8. The van der Waals surface area contributed by atoms with Crippen LogP contribution in [-0.2, 0) is 62.2 Å². The number of rotatable bonds is 12. The van der Waals surface area contributed by atoms with E-state index in [1.807, 2.05) is 32.9 Å². The smallest absolute Gasteiger partial charge is 0.254 e. The van der Waals surface area contributed by atoms with Gasteiger partial charge in [0.25, 0.3) is 17.7 Å². The van der Waals surface area contributed by atoms with E-state index in [-0.39, 0.29) is 139 Å². The number of carbonyl (C=O) groups excluding carboxylic acids is 6. The molecular weight excluding hydrogens is 1410 g/mol. The molecule has 9 heterocycles. The van der Waals surface area contributed by atoms with Gasteiger partial charge in [0, 0.05) is 39.3 Å². The molecule has 0 saturated carbocycles. The fraction of sp³-hybridized carbons (Fsp3) is 0.671. The summed E-state index contributed by atoms with van der Waals surface area (Å²) in [5, 5.41) is 33.8. The van der Waals surface area contributed by atoms with Crippen molar-refractivity contribution in [2.75, 3.05) is 118 Å². The molecule has 3 aromatic rings. The van der Waals surface area contributed by atoms with Gasteiger partial charge in [-0.1, -0.05) is 118 Å². The van der Waals surface area contributed by atoms with Crippen LogP contribution in [0.5, 0.6) is 0 Å². The van der Waals surface area contributed by atoms with Crippen LogP contribution >= 0.6 is 69.6 Å². The molecular formula is C73H109Cl6N9O12. The van der Waals surface area contributed by atoms with Crippen LogP contribution in [0, 0.1) is 0 Å². The standard InChI is InChI=1S/3C23H31Cl2N3O4.4CH4/c3*1-23(2,31)22(30)27-9-10-28(20(29)12-15-5-6-16(24)17(25)11-15)21-18(13-32-14-19(21)27)26-7-3-4-8-26;;;;/h3*5-6,11,18-19,21,31H,3-4,7-10,12-14H2,1-2H3;4*1H4/t3*18-,19+,21+;;;;/m100..../s1. The Kier molecular flexibility index (Phi) is 30.7. The molecule has 9 aliphatic heterocycles. The Hall–Kier alpha value is -4.14. The van der Waals surface area contributed by atoms with E-state index < -0.39 is 16.8 Å². The number of hydrogen-bond acceptors (Lipinski definition) is 15. The van der Waals surface area contributed by atoms with Crippen LogP contribution in [0.1, 0.15) is 126 Å². The van der Waals surface area contributed by atoms with Crippen LogP contribution in [-0.4, -0.2) is 284 Å². The summed E-state index contributed by atoms with van der Waals surface area (Å²) >= 11 is 36.5. The van der Waals surface area contributed by atoms with Crippen molar-refractivity contribution in [1.29, 1.82) is 0 Å². The van der Waals surface area contributed by atoms with Gasteiger partial charge in [-0.3, -0.25) is 43.5 Å². The van der Waals surface area contributed by atoms with Crippen molar-refractivity contribution in [3.8, 4) is 0 Å². The Labute approximate surface area is 623 Å². The van der Waals surface area contributed by atoms with Crippen molar-refractivity contribution >= 4 is 105 Å². The van der Waals surface area contributed by atoms with Crippen molar-refractivity contribution in [2.45, 2.75) is 200 Å². The zero-order valence-corrected chi connectivity index (χ0v) is 60.3. The van der Waals surface area contributed by atoms with E-state index >= 15 is 0 Å². The Morgan fingerprint density at radius 2 is 0.550 bits per heavy atom. The van der Waals surface area contributed by atoms with Gasteiger partial charge >= 0.3 is 0 Å². The summed E-state index contributed by atoms with van der Waals surface area (Å²) in [5.74, 6) is -0.973. The molecule has 560 valence electrons. The van der Waals surface area contributed by atoms with E-state index in [9.17, 15) is 44.1 Å². The Morgan fingerprint density at radius 1 is 0.340 bits per heavy atom. The molecule has 21 nitrogen and oxygen atoms in total. The summed E-state index contributed by atoms with van der Waals surface area (Å²) in [6.45, 7) is 19.9. The molecule has 3 aromatic carbocycles. The molecule has 0 aliphatic carbocycles. The third-order valence-electron chi connectivity index (χ3n) is 20.3. The second kappa shape index (κ2) is 36.2. The average molecular weight is 1520 g/mol. The summed E-state index contributed by atoms with van der Waals surface area (Å²) in [5.41, 5.74) is -2.01. The monoisotopic (exact) mass is 1510 g/mol. The second-order valence-electron chi connectivity index (χ2n) is 28.4. The number of hydrogen-bond donors (Lipinski definition) is 3. The normalized spacial score (nSPS) is 25.8. The molecule has 9 fully saturated rings. The van der Waals surface area contributed by atoms with Crippen molar-refractivity contribution < 1.29 is 58.3 Å². The maximum absolute atomic E-state index is 13.5. The highest BCUT2D eigenvalue weighted by molar-refractivity contribution is 6.43. The van der Waals surface area contributed by atoms with E-state index in [1.54, 1.807) is 51.1 Å². The zero-order valence-electron chi connectivity index (χ0n) is 55.8. The van der Waals surface area contributed by atoms with Crippen molar-refractivity contribution in [1.82, 2.24) is 44.1 Å². The molecule has 9 atom stereocenters. The topological polar surface area (TPSA) is 220 Å². The first-order chi connectivity index (χ1) is 45.5. The van der Waals surface area contributed by atoms with Crippen LogP contribution in [0.4, 0.5) is 0 Å². The maximum atomic E-state index is 13.5. The molecule has 12 rings (SSSR count). The number of piperazine rings is 3. The fourth-order valence-electron chi connectivity index (χ4n) is 15.6. The molecule has 9 saturated heterocycles. The van der Waals surface area contributed by atoms with Crippen LogP contribution in [0.25, 0.3) is 0 Å². The summed E-state index contributed by atoms with van der Waals surface area (Å²) in [6, 6.07) is 14.4. The van der Waals surface area contributed by atoms with Crippen LogP contribution < -0.4 is 0 Å². The second-order valence-corrected chi connectivity index (χ2v) is 30.9. The maximum Gasteiger partial charge on any atom is 0.254 e. The molecule has 3 N–H and O–H groups in total. The third-order valence-corrected chi connectivity index (χ3v) is 22.5. The predicted octanol–water partition coefficient (Wildman–Crippen LogP) is 9.17. The summed E-state index contributed by atoms with van der Waals surface area (Å²) in [7, 11) is 0. The fourth-order valence-corrected chi connectivity index (χ4v) is 16.6. The lowest BCUT2D eigenvalue weighted by molar-refractivity contribution is -0.172. The van der Waals surface area contributed by atoms with Crippen LogP contribution in [0.3, 0.4) is 0 Å². The lowest BCUT2D eigenvalue weighted by Crippen LogP contribution is -2.73. The largest absolute Gasteiger partial charge is 0.381 e. The van der Waals surface area contributed by atoms with Crippen LogP contribution in [0.15, 0.2) is 54.6 Å². The number of ether oxygens (including phenoxy) is 3. The summed E-state index contributed by atoms with van der Waals surface area (Å²) in [4.78, 5) is 97.6. The van der Waals surface area contributed by atoms with Gasteiger partial charge in [-0.15, -0.1) is 0 Å². The zero-order chi connectivity index (χ0) is 69.1. The van der Waals surface area contributed by atoms with Gasteiger partial charge in [0.15, 0.2) is 0 Å². The quantitative estimate of drug-likeness (QED) is 0.154. The highest BCUT2D eigenvalue weighted by Gasteiger charge is 2.54. The molecule has 0 bridgehead atoms. The number of benzene rings is 3. The molecule has 100 heavy (non-hydrogen) atoms. The van der Waals surface area contributed by atoms with Crippen molar-refractivity contribution in [2.24, 2.45) is 0 Å². The minimum Gasteiger partial charge on any atom is -0.381 e. The first kappa shape index (κ1) is 84.8. The number of halogens is 6. The predicted molar refractivity (Wildman–Crippen MR) is 396 cm³/mol. The minimum absolute atomic E-state index is 0. The number of amides is 6. The van der Waals surface area contributed by atoms with Gasteiger partial charge < -0.3 is 58.9 Å². The molecule has 0 spiro atoms. The number of carbonyl (C=O) groups is 6. The van der Waals surface area contributed by atoms with Crippen molar-refractivity contribution in [3.05, 3.63) is 101 Å².